The maximum absolute atomic E-state index is 12.0. The molecular formula is C13H22N2O3. The van der Waals surface area contributed by atoms with Crippen LogP contribution in [0.5, 0.6) is 0 Å². The van der Waals surface area contributed by atoms with Gasteiger partial charge in [-0.05, 0) is 26.7 Å². The summed E-state index contributed by atoms with van der Waals surface area (Å²) in [6.07, 6.45) is 5.86. The normalized spacial score (nSPS) is 15.2. The summed E-state index contributed by atoms with van der Waals surface area (Å²) in [5, 5.41) is 11.6. The Morgan fingerprint density at radius 3 is 2.44 bits per heavy atom. The number of hydrogen-bond acceptors (Lipinski definition) is 2. The molecule has 0 bridgehead atoms. The first-order chi connectivity index (χ1) is 8.50. The smallest absolute Gasteiger partial charge is 0.323 e. The van der Waals surface area contributed by atoms with Crippen molar-refractivity contribution in [3.05, 3.63) is 11.6 Å². The molecule has 0 aromatic rings. The molecule has 1 aliphatic carbocycles. The van der Waals surface area contributed by atoms with Crippen molar-refractivity contribution in [3.8, 4) is 0 Å². The number of nitrogens with one attached hydrogen (secondary N) is 1. The molecule has 18 heavy (non-hydrogen) atoms. The largest absolute Gasteiger partial charge is 0.480 e. The van der Waals surface area contributed by atoms with Crippen molar-refractivity contribution in [3.63, 3.8) is 0 Å². The van der Waals surface area contributed by atoms with Crippen LogP contribution in [0.4, 0.5) is 4.79 Å². The number of allylic oxidation sites excluding steroid dienone is 1. The second kappa shape index (κ2) is 7.03. The lowest BCUT2D eigenvalue weighted by molar-refractivity contribution is -0.138. The van der Waals surface area contributed by atoms with Crippen LogP contribution in [0.2, 0.25) is 0 Å². The number of aliphatic carboxylic acids is 1. The highest BCUT2D eigenvalue weighted by Crippen LogP contribution is 2.23. The molecule has 102 valence electrons. The summed E-state index contributed by atoms with van der Waals surface area (Å²) in [5.74, 6) is -0.959. The second-order valence-corrected chi connectivity index (χ2v) is 4.93. The van der Waals surface area contributed by atoms with E-state index in [0.717, 1.165) is 31.3 Å². The molecule has 0 atom stereocenters. The molecule has 5 nitrogen and oxygen atoms in total. The predicted molar refractivity (Wildman–Crippen MR) is 69.4 cm³/mol. The van der Waals surface area contributed by atoms with Gasteiger partial charge in [-0.1, -0.05) is 24.5 Å². The van der Waals surface area contributed by atoms with Gasteiger partial charge in [-0.25, -0.2) is 4.79 Å². The van der Waals surface area contributed by atoms with E-state index in [-0.39, 0.29) is 18.6 Å². The Morgan fingerprint density at radius 1 is 1.33 bits per heavy atom. The van der Waals surface area contributed by atoms with Gasteiger partial charge in [0.15, 0.2) is 0 Å². The van der Waals surface area contributed by atoms with Crippen LogP contribution in [0.1, 0.15) is 39.5 Å². The molecule has 0 aromatic carbocycles. The Bertz CT molecular complexity index is 329. The van der Waals surface area contributed by atoms with Crippen LogP contribution in [0, 0.1) is 0 Å². The maximum atomic E-state index is 12.0. The van der Waals surface area contributed by atoms with Crippen LogP contribution in [0.3, 0.4) is 0 Å². The number of carboxylic acid groups (broad SMARTS) is 1. The number of carbonyl (C=O) groups excluding carboxylic acids is 1. The molecule has 0 aliphatic heterocycles. The molecule has 1 fully saturated rings. The van der Waals surface area contributed by atoms with Crippen molar-refractivity contribution in [1.82, 2.24) is 10.2 Å². The van der Waals surface area contributed by atoms with Gasteiger partial charge in [0.25, 0.3) is 0 Å². The van der Waals surface area contributed by atoms with E-state index in [0.29, 0.717) is 6.54 Å². The van der Waals surface area contributed by atoms with Crippen molar-refractivity contribution in [2.24, 2.45) is 0 Å². The van der Waals surface area contributed by atoms with E-state index >= 15 is 0 Å². The van der Waals surface area contributed by atoms with Crippen LogP contribution in [0.15, 0.2) is 11.6 Å². The van der Waals surface area contributed by atoms with Gasteiger partial charge >= 0.3 is 12.0 Å². The van der Waals surface area contributed by atoms with Gasteiger partial charge in [0.05, 0.1) is 0 Å². The van der Waals surface area contributed by atoms with Gasteiger partial charge in [-0.3, -0.25) is 4.79 Å². The first-order valence-corrected chi connectivity index (χ1v) is 6.40. The topological polar surface area (TPSA) is 69.6 Å². The molecule has 0 aromatic heterocycles. The van der Waals surface area contributed by atoms with Crippen LogP contribution >= 0.6 is 0 Å². The summed E-state index contributed by atoms with van der Waals surface area (Å²) in [6.45, 7) is 4.14. The van der Waals surface area contributed by atoms with Gasteiger partial charge in [-0.15, -0.1) is 0 Å². The molecule has 1 aliphatic rings. The van der Waals surface area contributed by atoms with Crippen molar-refractivity contribution < 1.29 is 14.7 Å². The van der Waals surface area contributed by atoms with E-state index in [2.05, 4.69) is 5.32 Å². The Balaban J connectivity index is 2.55. The average Bonchev–Trinajstić information content (AvgIpc) is 2.78. The first kappa shape index (κ1) is 14.5. The van der Waals surface area contributed by atoms with Crippen LogP contribution < -0.4 is 5.32 Å². The summed E-state index contributed by atoms with van der Waals surface area (Å²) in [4.78, 5) is 24.2. The third-order valence-corrected chi connectivity index (χ3v) is 3.10. The predicted octanol–water partition coefficient (Wildman–Crippen LogP) is 1.99. The van der Waals surface area contributed by atoms with Gasteiger partial charge in [-0.2, -0.15) is 0 Å². The van der Waals surface area contributed by atoms with Gasteiger partial charge in [0, 0.05) is 12.6 Å². The summed E-state index contributed by atoms with van der Waals surface area (Å²) >= 11 is 0. The standard InChI is InChI=1S/C13H22N2O3/c1-10(2)7-8-14-13(18)15(9-12(16)17)11-5-3-4-6-11/h7,11H,3-6,8-9H2,1-2H3,(H,14,18)(H,16,17). The SMILES string of the molecule is CC(C)=CCNC(=O)N(CC(=O)O)C1CCCC1. The summed E-state index contributed by atoms with van der Waals surface area (Å²) < 4.78 is 0. The number of amides is 2. The molecule has 1 rings (SSSR count). The van der Waals surface area contributed by atoms with Crippen LogP contribution in [-0.2, 0) is 4.79 Å². The second-order valence-electron chi connectivity index (χ2n) is 4.93. The van der Waals surface area contributed by atoms with Crippen molar-refractivity contribution in [2.75, 3.05) is 13.1 Å². The monoisotopic (exact) mass is 254 g/mol. The van der Waals surface area contributed by atoms with E-state index in [1.807, 2.05) is 19.9 Å². The summed E-state index contributed by atoms with van der Waals surface area (Å²) in [7, 11) is 0. The van der Waals surface area contributed by atoms with E-state index in [4.69, 9.17) is 5.11 Å². The lowest BCUT2D eigenvalue weighted by Crippen LogP contribution is -2.47. The van der Waals surface area contributed by atoms with Gasteiger partial charge in [0.1, 0.15) is 6.54 Å². The lowest BCUT2D eigenvalue weighted by Gasteiger charge is -2.27. The van der Waals surface area contributed by atoms with Crippen molar-refractivity contribution in [2.45, 2.75) is 45.6 Å². The van der Waals surface area contributed by atoms with Crippen molar-refractivity contribution in [1.29, 1.82) is 0 Å². The molecule has 0 heterocycles. The molecule has 2 amide bonds. The molecular weight excluding hydrogens is 232 g/mol. The molecule has 0 radical (unpaired) electrons. The molecule has 5 heteroatoms. The third-order valence-electron chi connectivity index (χ3n) is 3.10. The number of urea groups is 1. The number of hydrogen-bond donors (Lipinski definition) is 2. The zero-order valence-electron chi connectivity index (χ0n) is 11.1. The van der Waals surface area contributed by atoms with Crippen LogP contribution in [-0.4, -0.2) is 41.1 Å². The fourth-order valence-electron chi connectivity index (χ4n) is 2.17. The minimum Gasteiger partial charge on any atom is -0.480 e. The molecule has 0 unspecified atom stereocenters. The maximum Gasteiger partial charge on any atom is 0.323 e. The summed E-state index contributed by atoms with van der Waals surface area (Å²) in [6, 6.07) is -0.199. The zero-order chi connectivity index (χ0) is 13.5. The average molecular weight is 254 g/mol. The van der Waals surface area contributed by atoms with Crippen molar-refractivity contribution >= 4 is 12.0 Å². The minimum atomic E-state index is -0.959. The number of carboxylic acids is 1. The molecule has 1 saturated carbocycles. The fourth-order valence-corrected chi connectivity index (χ4v) is 2.17. The number of rotatable bonds is 5. The van der Waals surface area contributed by atoms with Crippen LogP contribution in [0.25, 0.3) is 0 Å². The lowest BCUT2D eigenvalue weighted by atomic mass is 10.2. The molecule has 2 N–H and O–H groups in total. The van der Waals surface area contributed by atoms with E-state index in [1.54, 1.807) is 0 Å². The summed E-state index contributed by atoms with van der Waals surface area (Å²) in [5.41, 5.74) is 1.13. The number of carbonyl (C=O) groups is 2. The van der Waals surface area contributed by atoms with E-state index in [1.165, 1.54) is 4.90 Å². The molecule has 0 spiro atoms. The Morgan fingerprint density at radius 2 is 1.94 bits per heavy atom. The Kier molecular flexibility index (Phi) is 5.68. The quantitative estimate of drug-likeness (QED) is 0.737. The minimum absolute atomic E-state index is 0.0767. The Labute approximate surface area is 108 Å². The highest BCUT2D eigenvalue weighted by molar-refractivity contribution is 5.80. The Hall–Kier alpha value is -1.52. The highest BCUT2D eigenvalue weighted by atomic mass is 16.4. The van der Waals surface area contributed by atoms with Gasteiger partial charge < -0.3 is 15.3 Å². The zero-order valence-corrected chi connectivity index (χ0v) is 11.1. The van der Waals surface area contributed by atoms with E-state index in [9.17, 15) is 9.59 Å². The number of nitrogens with zero attached hydrogens (tertiary/aromatic N) is 1. The molecule has 0 saturated heterocycles. The first-order valence-electron chi connectivity index (χ1n) is 6.40. The fraction of sp³-hybridized carbons (Fsp3) is 0.692. The highest BCUT2D eigenvalue weighted by Gasteiger charge is 2.27. The van der Waals surface area contributed by atoms with E-state index < -0.39 is 5.97 Å². The third kappa shape index (κ3) is 4.77. The van der Waals surface area contributed by atoms with Gasteiger partial charge in [0.2, 0.25) is 0 Å².